The monoisotopic (exact) mass is 274 g/mol. The molecule has 1 atom stereocenters. The lowest BCUT2D eigenvalue weighted by atomic mass is 9.85. The Morgan fingerprint density at radius 1 is 1.10 bits per heavy atom. The van der Waals surface area contributed by atoms with Gasteiger partial charge in [-0.25, -0.2) is 0 Å². The molecule has 0 aliphatic carbocycles. The van der Waals surface area contributed by atoms with Gasteiger partial charge in [0.2, 0.25) is 0 Å². The van der Waals surface area contributed by atoms with Gasteiger partial charge in [0, 0.05) is 26.2 Å². The van der Waals surface area contributed by atoms with E-state index >= 15 is 0 Å². The van der Waals surface area contributed by atoms with E-state index in [1.807, 2.05) is 0 Å². The minimum atomic E-state index is 0.253. The summed E-state index contributed by atoms with van der Waals surface area (Å²) in [4.78, 5) is 2.58. The zero-order valence-corrected chi connectivity index (χ0v) is 13.6. The fourth-order valence-electron chi connectivity index (χ4n) is 2.79. The van der Waals surface area contributed by atoms with Gasteiger partial charge in [-0.15, -0.1) is 0 Å². The molecule has 2 nitrogen and oxygen atoms in total. The molecule has 0 spiro atoms. The Bertz CT molecular complexity index is 396. The Morgan fingerprint density at radius 3 is 2.25 bits per heavy atom. The van der Waals surface area contributed by atoms with Crippen LogP contribution >= 0.6 is 0 Å². The second-order valence-electron chi connectivity index (χ2n) is 7.15. The maximum Gasteiger partial charge on any atom is 0.0107 e. The van der Waals surface area contributed by atoms with E-state index in [1.165, 1.54) is 37.2 Å². The highest BCUT2D eigenvalue weighted by Crippen LogP contribution is 2.25. The van der Waals surface area contributed by atoms with Crippen LogP contribution in [0.25, 0.3) is 0 Å². The number of piperazine rings is 1. The van der Waals surface area contributed by atoms with Gasteiger partial charge in [-0.05, 0) is 35.4 Å². The molecule has 1 fully saturated rings. The van der Waals surface area contributed by atoms with Crippen molar-refractivity contribution in [1.29, 1.82) is 0 Å². The molecule has 2 heteroatoms. The maximum atomic E-state index is 3.41. The van der Waals surface area contributed by atoms with Crippen LogP contribution in [0.1, 0.15) is 51.2 Å². The van der Waals surface area contributed by atoms with Crippen molar-refractivity contribution < 1.29 is 0 Å². The maximum absolute atomic E-state index is 3.41. The smallest absolute Gasteiger partial charge is 0.0107 e. The SMILES string of the molecule is CC(CCN1CCNCC1)c1ccc(C(C)(C)C)cc1. The molecule has 1 aromatic carbocycles. The van der Waals surface area contributed by atoms with E-state index in [-0.39, 0.29) is 5.41 Å². The number of hydrogen-bond donors (Lipinski definition) is 1. The Labute approximate surface area is 124 Å². The quantitative estimate of drug-likeness (QED) is 0.905. The predicted octanol–water partition coefficient (Wildman–Crippen LogP) is 3.38. The van der Waals surface area contributed by atoms with Crippen molar-refractivity contribution in [2.24, 2.45) is 0 Å². The van der Waals surface area contributed by atoms with Crippen LogP contribution in [0.15, 0.2) is 24.3 Å². The van der Waals surface area contributed by atoms with E-state index in [9.17, 15) is 0 Å². The van der Waals surface area contributed by atoms with Gasteiger partial charge in [0.15, 0.2) is 0 Å². The zero-order chi connectivity index (χ0) is 14.6. The van der Waals surface area contributed by atoms with Crippen LogP contribution in [0.2, 0.25) is 0 Å². The minimum absolute atomic E-state index is 0.253. The summed E-state index contributed by atoms with van der Waals surface area (Å²) in [6.45, 7) is 15.1. The third kappa shape index (κ3) is 4.32. The zero-order valence-electron chi connectivity index (χ0n) is 13.6. The highest BCUT2D eigenvalue weighted by atomic mass is 15.2. The summed E-state index contributed by atoms with van der Waals surface area (Å²) in [5.41, 5.74) is 3.16. The predicted molar refractivity (Wildman–Crippen MR) is 87.5 cm³/mol. The minimum Gasteiger partial charge on any atom is -0.314 e. The molecule has 1 unspecified atom stereocenters. The number of hydrogen-bond acceptors (Lipinski definition) is 2. The van der Waals surface area contributed by atoms with Crippen molar-refractivity contribution in [3.63, 3.8) is 0 Å². The first-order valence-electron chi connectivity index (χ1n) is 8.00. The standard InChI is InChI=1S/C18H30N2/c1-15(9-12-20-13-10-19-11-14-20)16-5-7-17(8-6-16)18(2,3)4/h5-8,15,19H,9-14H2,1-4H3. The lowest BCUT2D eigenvalue weighted by Crippen LogP contribution is -2.43. The van der Waals surface area contributed by atoms with Gasteiger partial charge >= 0.3 is 0 Å². The Kier molecular flexibility index (Phi) is 5.22. The van der Waals surface area contributed by atoms with Gasteiger partial charge in [-0.1, -0.05) is 52.0 Å². The van der Waals surface area contributed by atoms with Crippen LogP contribution in [0.3, 0.4) is 0 Å². The number of rotatable bonds is 4. The first kappa shape index (κ1) is 15.5. The molecule has 0 amide bonds. The van der Waals surface area contributed by atoms with E-state index in [2.05, 4.69) is 62.2 Å². The molecule has 1 aliphatic rings. The summed E-state index contributed by atoms with van der Waals surface area (Å²) in [5.74, 6) is 0.652. The lowest BCUT2D eigenvalue weighted by Gasteiger charge is -2.28. The molecule has 0 aromatic heterocycles. The highest BCUT2D eigenvalue weighted by Gasteiger charge is 2.15. The van der Waals surface area contributed by atoms with Crippen molar-refractivity contribution in [2.45, 2.75) is 45.4 Å². The first-order chi connectivity index (χ1) is 9.47. The highest BCUT2D eigenvalue weighted by molar-refractivity contribution is 5.29. The molecule has 1 saturated heterocycles. The number of nitrogens with zero attached hydrogens (tertiary/aromatic N) is 1. The second-order valence-corrected chi connectivity index (χ2v) is 7.15. The van der Waals surface area contributed by atoms with E-state index in [0.717, 1.165) is 13.1 Å². The summed E-state index contributed by atoms with van der Waals surface area (Å²) >= 11 is 0. The molecule has 2 rings (SSSR count). The van der Waals surface area contributed by atoms with Gasteiger partial charge in [-0.2, -0.15) is 0 Å². The molecule has 20 heavy (non-hydrogen) atoms. The molecule has 0 radical (unpaired) electrons. The molecule has 0 bridgehead atoms. The van der Waals surface area contributed by atoms with E-state index < -0.39 is 0 Å². The molecule has 1 aromatic rings. The molecule has 1 aliphatic heterocycles. The molecule has 1 heterocycles. The largest absolute Gasteiger partial charge is 0.314 e. The van der Waals surface area contributed by atoms with Crippen molar-refractivity contribution >= 4 is 0 Å². The summed E-state index contributed by atoms with van der Waals surface area (Å²) in [6, 6.07) is 9.25. The van der Waals surface area contributed by atoms with Crippen LogP contribution in [0.5, 0.6) is 0 Å². The molecular weight excluding hydrogens is 244 g/mol. The first-order valence-corrected chi connectivity index (χ1v) is 8.00. The van der Waals surface area contributed by atoms with E-state index in [1.54, 1.807) is 0 Å². The fraction of sp³-hybridized carbons (Fsp3) is 0.667. The van der Waals surface area contributed by atoms with Gasteiger partial charge < -0.3 is 10.2 Å². The number of benzene rings is 1. The Hall–Kier alpha value is -0.860. The van der Waals surface area contributed by atoms with Gasteiger partial charge in [-0.3, -0.25) is 0 Å². The Balaban J connectivity index is 1.87. The topological polar surface area (TPSA) is 15.3 Å². The lowest BCUT2D eigenvalue weighted by molar-refractivity contribution is 0.234. The summed E-state index contributed by atoms with van der Waals surface area (Å²) in [7, 11) is 0. The molecule has 0 saturated carbocycles. The van der Waals surface area contributed by atoms with Crippen LogP contribution in [0, 0.1) is 0 Å². The van der Waals surface area contributed by atoms with Crippen molar-refractivity contribution in [3.05, 3.63) is 35.4 Å². The molecule has 1 N–H and O–H groups in total. The van der Waals surface area contributed by atoms with Gasteiger partial charge in [0.05, 0.1) is 0 Å². The van der Waals surface area contributed by atoms with Gasteiger partial charge in [0.25, 0.3) is 0 Å². The Morgan fingerprint density at radius 2 is 1.70 bits per heavy atom. The average Bonchev–Trinajstić information content (AvgIpc) is 2.45. The third-order valence-corrected chi connectivity index (χ3v) is 4.43. The van der Waals surface area contributed by atoms with Crippen LogP contribution < -0.4 is 5.32 Å². The van der Waals surface area contributed by atoms with Crippen LogP contribution in [0.4, 0.5) is 0 Å². The summed E-state index contributed by atoms with van der Waals surface area (Å²) in [6.07, 6.45) is 1.26. The fourth-order valence-corrected chi connectivity index (χ4v) is 2.79. The number of nitrogens with one attached hydrogen (secondary N) is 1. The van der Waals surface area contributed by atoms with Gasteiger partial charge in [0.1, 0.15) is 0 Å². The second kappa shape index (κ2) is 6.73. The molecular formula is C18H30N2. The van der Waals surface area contributed by atoms with Crippen molar-refractivity contribution in [1.82, 2.24) is 10.2 Å². The average molecular weight is 274 g/mol. The summed E-state index contributed by atoms with van der Waals surface area (Å²) < 4.78 is 0. The van der Waals surface area contributed by atoms with Crippen molar-refractivity contribution in [2.75, 3.05) is 32.7 Å². The van der Waals surface area contributed by atoms with Crippen LogP contribution in [-0.4, -0.2) is 37.6 Å². The van der Waals surface area contributed by atoms with E-state index in [4.69, 9.17) is 0 Å². The summed E-state index contributed by atoms with van der Waals surface area (Å²) in [5, 5.41) is 3.41. The third-order valence-electron chi connectivity index (χ3n) is 4.43. The van der Waals surface area contributed by atoms with Crippen LogP contribution in [-0.2, 0) is 5.41 Å². The van der Waals surface area contributed by atoms with E-state index in [0.29, 0.717) is 5.92 Å². The molecule has 112 valence electrons. The normalized spacial score (nSPS) is 19.0. The van der Waals surface area contributed by atoms with Crippen molar-refractivity contribution in [3.8, 4) is 0 Å².